The third-order valence-corrected chi connectivity index (χ3v) is 7.76. The van der Waals surface area contributed by atoms with Gasteiger partial charge in [0.25, 0.3) is 16.1 Å². The molecule has 30 heavy (non-hydrogen) atoms. The third kappa shape index (κ3) is 5.19. The van der Waals surface area contributed by atoms with Crippen LogP contribution in [0, 0.1) is 5.92 Å². The zero-order valence-corrected chi connectivity index (χ0v) is 18.7. The molecule has 2 saturated heterocycles. The van der Waals surface area contributed by atoms with Gasteiger partial charge in [-0.25, -0.2) is 0 Å². The lowest BCUT2D eigenvalue weighted by molar-refractivity contribution is -0.120. The fourth-order valence-corrected chi connectivity index (χ4v) is 5.24. The Hall–Kier alpha value is -1.97. The van der Waals surface area contributed by atoms with Crippen LogP contribution in [0.25, 0.3) is 0 Å². The second-order valence-corrected chi connectivity index (χ2v) is 10.4. The maximum atomic E-state index is 13.1. The van der Waals surface area contributed by atoms with Crippen LogP contribution in [0.5, 0.6) is 0 Å². The minimum atomic E-state index is -3.55. The van der Waals surface area contributed by atoms with Gasteiger partial charge in [-0.2, -0.15) is 17.0 Å². The van der Waals surface area contributed by atoms with Crippen LogP contribution in [0.1, 0.15) is 48.9 Å². The van der Waals surface area contributed by atoms with Crippen molar-refractivity contribution < 1.29 is 18.0 Å². The SMILES string of the molecule is CN(C)S(=O)(=O)N1CCC[C@@H](C(=O)Nc2ccccc2C(=O)N2CCCCCC2)C1. The van der Waals surface area contributed by atoms with E-state index in [1.165, 1.54) is 22.7 Å². The van der Waals surface area contributed by atoms with E-state index in [9.17, 15) is 18.0 Å². The number of nitrogens with one attached hydrogen (secondary N) is 1. The van der Waals surface area contributed by atoms with Crippen LogP contribution in [0.4, 0.5) is 5.69 Å². The highest BCUT2D eigenvalue weighted by Crippen LogP contribution is 2.24. The summed E-state index contributed by atoms with van der Waals surface area (Å²) in [6.07, 6.45) is 5.51. The standard InChI is InChI=1S/C21H32N4O4S/c1-23(2)30(28,29)25-15-9-10-17(16-25)20(26)22-19-12-6-5-11-18(19)21(27)24-13-7-3-4-8-14-24/h5-6,11-12,17H,3-4,7-10,13-16H2,1-2H3,(H,22,26)/t17-/m1/s1. The molecular formula is C21H32N4O4S. The number of piperidine rings is 1. The number of benzene rings is 1. The van der Waals surface area contributed by atoms with Crippen LogP contribution in [0.2, 0.25) is 0 Å². The Labute approximate surface area is 179 Å². The van der Waals surface area contributed by atoms with E-state index < -0.39 is 16.1 Å². The lowest BCUT2D eigenvalue weighted by Gasteiger charge is -2.33. The second-order valence-electron chi connectivity index (χ2n) is 8.23. The van der Waals surface area contributed by atoms with E-state index in [4.69, 9.17) is 0 Å². The summed E-state index contributed by atoms with van der Waals surface area (Å²) in [4.78, 5) is 27.9. The first-order valence-electron chi connectivity index (χ1n) is 10.7. The molecule has 3 rings (SSSR count). The molecule has 2 fully saturated rings. The molecule has 1 atom stereocenters. The Morgan fingerprint density at radius 1 is 1.00 bits per heavy atom. The predicted octanol–water partition coefficient (Wildman–Crippen LogP) is 2.16. The molecule has 1 N–H and O–H groups in total. The smallest absolute Gasteiger partial charge is 0.281 e. The monoisotopic (exact) mass is 436 g/mol. The van der Waals surface area contributed by atoms with Gasteiger partial charge >= 0.3 is 0 Å². The largest absolute Gasteiger partial charge is 0.339 e. The van der Waals surface area contributed by atoms with Crippen molar-refractivity contribution in [3.63, 3.8) is 0 Å². The number of amides is 2. The maximum Gasteiger partial charge on any atom is 0.281 e. The van der Waals surface area contributed by atoms with E-state index in [-0.39, 0.29) is 18.4 Å². The zero-order valence-electron chi connectivity index (χ0n) is 17.8. The van der Waals surface area contributed by atoms with E-state index in [1.54, 1.807) is 24.3 Å². The van der Waals surface area contributed by atoms with Gasteiger partial charge in [0.05, 0.1) is 17.2 Å². The fraction of sp³-hybridized carbons (Fsp3) is 0.619. The van der Waals surface area contributed by atoms with Gasteiger partial charge in [0.15, 0.2) is 0 Å². The number of para-hydroxylation sites is 1. The van der Waals surface area contributed by atoms with Crippen molar-refractivity contribution in [1.29, 1.82) is 0 Å². The molecule has 1 aromatic rings. The summed E-state index contributed by atoms with van der Waals surface area (Å²) in [5.41, 5.74) is 0.977. The molecule has 1 aromatic carbocycles. The van der Waals surface area contributed by atoms with E-state index in [1.807, 2.05) is 4.90 Å². The average molecular weight is 437 g/mol. The van der Waals surface area contributed by atoms with Crippen LogP contribution in [0.15, 0.2) is 24.3 Å². The predicted molar refractivity (Wildman–Crippen MR) is 116 cm³/mol. The van der Waals surface area contributed by atoms with E-state index in [2.05, 4.69) is 5.32 Å². The number of carbonyl (C=O) groups excluding carboxylic acids is 2. The number of hydrogen-bond acceptors (Lipinski definition) is 4. The molecule has 0 unspecified atom stereocenters. The first-order chi connectivity index (χ1) is 14.3. The first kappa shape index (κ1) is 22.7. The van der Waals surface area contributed by atoms with Gasteiger partial charge in [-0.15, -0.1) is 0 Å². The van der Waals surface area contributed by atoms with E-state index in [0.717, 1.165) is 38.8 Å². The van der Waals surface area contributed by atoms with Gasteiger partial charge in [-0.1, -0.05) is 25.0 Å². The molecule has 2 aliphatic heterocycles. The summed E-state index contributed by atoms with van der Waals surface area (Å²) in [5.74, 6) is -0.757. The number of likely N-dealkylation sites (tertiary alicyclic amines) is 1. The second kappa shape index (κ2) is 9.89. The highest BCUT2D eigenvalue weighted by Gasteiger charge is 2.34. The van der Waals surface area contributed by atoms with Crippen molar-refractivity contribution in [1.82, 2.24) is 13.5 Å². The molecule has 0 radical (unpaired) electrons. The topological polar surface area (TPSA) is 90.0 Å². The number of nitrogens with zero attached hydrogens (tertiary/aromatic N) is 3. The highest BCUT2D eigenvalue weighted by atomic mass is 32.2. The Balaban J connectivity index is 1.72. The summed E-state index contributed by atoms with van der Waals surface area (Å²) in [6.45, 7) is 2.03. The van der Waals surface area contributed by atoms with Crippen molar-refractivity contribution in [3.8, 4) is 0 Å². The first-order valence-corrected chi connectivity index (χ1v) is 12.1. The fourth-order valence-electron chi connectivity index (χ4n) is 4.05. The van der Waals surface area contributed by atoms with Crippen LogP contribution in [-0.4, -0.2) is 74.0 Å². The summed E-state index contributed by atoms with van der Waals surface area (Å²) in [5, 5.41) is 2.90. The van der Waals surface area contributed by atoms with Gasteiger partial charge in [-0.05, 0) is 37.8 Å². The van der Waals surface area contributed by atoms with Crippen LogP contribution < -0.4 is 5.32 Å². The van der Waals surface area contributed by atoms with Gasteiger partial charge in [0.2, 0.25) is 5.91 Å². The molecule has 0 aromatic heterocycles. The van der Waals surface area contributed by atoms with Crippen molar-refractivity contribution in [2.45, 2.75) is 38.5 Å². The molecule has 2 heterocycles. The lowest BCUT2D eigenvalue weighted by atomic mass is 9.98. The van der Waals surface area contributed by atoms with Gasteiger partial charge in [0, 0.05) is 40.3 Å². The maximum absolute atomic E-state index is 13.1. The third-order valence-electron chi connectivity index (χ3n) is 5.85. The van der Waals surface area contributed by atoms with Crippen LogP contribution >= 0.6 is 0 Å². The molecular weight excluding hydrogens is 404 g/mol. The van der Waals surface area contributed by atoms with Crippen LogP contribution in [0.3, 0.4) is 0 Å². The number of anilines is 1. The summed E-state index contributed by atoms with van der Waals surface area (Å²) < 4.78 is 27.4. The highest BCUT2D eigenvalue weighted by molar-refractivity contribution is 7.86. The minimum absolute atomic E-state index is 0.0618. The molecule has 2 aliphatic rings. The van der Waals surface area contributed by atoms with Gasteiger partial charge < -0.3 is 10.2 Å². The summed E-state index contributed by atoms with van der Waals surface area (Å²) in [6, 6.07) is 7.07. The normalized spacial score (nSPS) is 21.3. The summed E-state index contributed by atoms with van der Waals surface area (Å²) in [7, 11) is -0.573. The zero-order chi connectivity index (χ0) is 21.7. The van der Waals surface area contributed by atoms with Crippen LogP contribution in [-0.2, 0) is 15.0 Å². The van der Waals surface area contributed by atoms with Gasteiger partial charge in [0.1, 0.15) is 0 Å². The number of hydrogen-bond donors (Lipinski definition) is 1. The molecule has 0 saturated carbocycles. The van der Waals surface area contributed by atoms with Crippen molar-refractivity contribution in [2.75, 3.05) is 45.6 Å². The Kier molecular flexibility index (Phi) is 7.49. The van der Waals surface area contributed by atoms with Crippen molar-refractivity contribution >= 4 is 27.7 Å². The Bertz CT molecular complexity index is 864. The molecule has 2 amide bonds. The summed E-state index contributed by atoms with van der Waals surface area (Å²) >= 11 is 0. The molecule has 8 nitrogen and oxygen atoms in total. The van der Waals surface area contributed by atoms with Crippen molar-refractivity contribution in [3.05, 3.63) is 29.8 Å². The lowest BCUT2D eigenvalue weighted by Crippen LogP contribution is -2.47. The van der Waals surface area contributed by atoms with E-state index in [0.29, 0.717) is 30.6 Å². The molecule has 0 bridgehead atoms. The Morgan fingerprint density at radius 2 is 1.67 bits per heavy atom. The number of carbonyl (C=O) groups is 2. The van der Waals surface area contributed by atoms with Gasteiger partial charge in [-0.3, -0.25) is 9.59 Å². The molecule has 166 valence electrons. The van der Waals surface area contributed by atoms with E-state index >= 15 is 0 Å². The quantitative estimate of drug-likeness (QED) is 0.766. The van der Waals surface area contributed by atoms with Crippen molar-refractivity contribution in [2.24, 2.45) is 5.92 Å². The Morgan fingerprint density at radius 3 is 2.33 bits per heavy atom. The number of rotatable bonds is 5. The average Bonchev–Trinajstić information content (AvgIpc) is 3.03. The molecule has 9 heteroatoms. The minimum Gasteiger partial charge on any atom is -0.339 e. The molecule has 0 spiro atoms. The molecule has 0 aliphatic carbocycles.